The number of fused-ring (bicyclic) bond motifs is 4. The van der Waals surface area contributed by atoms with Crippen LogP contribution < -0.4 is 10.1 Å². The van der Waals surface area contributed by atoms with E-state index < -0.39 is 0 Å². The van der Waals surface area contributed by atoms with Crippen LogP contribution in [0, 0.1) is 5.92 Å². The summed E-state index contributed by atoms with van der Waals surface area (Å²) in [6.07, 6.45) is 2.75. The zero-order valence-electron chi connectivity index (χ0n) is 19.9. The molecule has 2 fully saturated rings. The van der Waals surface area contributed by atoms with Crippen molar-refractivity contribution in [2.24, 2.45) is 13.0 Å². The number of aromatic nitrogens is 1. The normalized spacial score (nSPS) is 21.3. The van der Waals surface area contributed by atoms with Crippen LogP contribution in [0.4, 0.5) is 4.79 Å². The van der Waals surface area contributed by atoms with Crippen molar-refractivity contribution in [3.63, 3.8) is 0 Å². The van der Waals surface area contributed by atoms with Crippen molar-refractivity contribution >= 4 is 22.8 Å². The average Bonchev–Trinajstić information content (AvgIpc) is 3.53. The number of urea groups is 1. The molecule has 1 saturated heterocycles. The Balaban J connectivity index is 1.60. The second-order valence-corrected chi connectivity index (χ2v) is 10.3. The third kappa shape index (κ3) is 3.55. The number of amides is 3. The third-order valence-electron chi connectivity index (χ3n) is 7.49. The Morgan fingerprint density at radius 1 is 1.24 bits per heavy atom. The molecule has 0 radical (unpaired) electrons. The molecule has 1 saturated carbocycles. The van der Waals surface area contributed by atoms with Gasteiger partial charge < -0.3 is 29.5 Å². The van der Waals surface area contributed by atoms with E-state index in [0.29, 0.717) is 32.0 Å². The minimum absolute atomic E-state index is 0.0661. The van der Waals surface area contributed by atoms with E-state index in [1.54, 1.807) is 7.11 Å². The van der Waals surface area contributed by atoms with Crippen LogP contribution in [0.25, 0.3) is 10.9 Å². The van der Waals surface area contributed by atoms with Gasteiger partial charge in [-0.15, -0.1) is 0 Å². The number of likely N-dealkylation sites (tertiary alicyclic amines) is 1. The second-order valence-electron chi connectivity index (χ2n) is 10.3. The van der Waals surface area contributed by atoms with Crippen molar-refractivity contribution in [3.05, 3.63) is 29.5 Å². The lowest BCUT2D eigenvalue weighted by Crippen LogP contribution is -2.69. The number of ether oxygens (including phenoxy) is 1. The maximum atomic E-state index is 13.3. The number of hydrogen-bond acceptors (Lipinski definition) is 4. The monoisotopic (exact) mass is 454 g/mol. The molecule has 1 aromatic heterocycles. The highest BCUT2D eigenvalue weighted by atomic mass is 16.5. The molecule has 8 heteroatoms. The first-order valence-electron chi connectivity index (χ1n) is 11.9. The molecule has 0 unspecified atom stereocenters. The number of aliphatic hydroxyl groups excluding tert-OH is 1. The van der Waals surface area contributed by atoms with Crippen LogP contribution in [0.1, 0.15) is 50.4 Å². The van der Waals surface area contributed by atoms with Crippen molar-refractivity contribution in [3.8, 4) is 5.75 Å². The summed E-state index contributed by atoms with van der Waals surface area (Å²) in [7, 11) is 3.64. The number of benzene rings is 1. The number of aliphatic hydroxyl groups is 1. The molecule has 3 amide bonds. The number of rotatable bonds is 5. The van der Waals surface area contributed by atoms with E-state index >= 15 is 0 Å². The summed E-state index contributed by atoms with van der Waals surface area (Å²) >= 11 is 0. The fraction of sp³-hybridized carbons (Fsp3) is 0.600. The van der Waals surface area contributed by atoms with Crippen molar-refractivity contribution in [1.29, 1.82) is 0 Å². The Morgan fingerprint density at radius 3 is 2.58 bits per heavy atom. The summed E-state index contributed by atoms with van der Waals surface area (Å²) in [5, 5.41) is 14.5. The Kier molecular flexibility index (Phi) is 5.31. The predicted octanol–water partition coefficient (Wildman–Crippen LogP) is 2.53. The number of methoxy groups -OCH3 is 1. The van der Waals surface area contributed by atoms with Crippen LogP contribution in [-0.4, -0.2) is 70.8 Å². The standard InChI is InChI=1S/C25H34N4O4/c1-15(2)26-24(32)28-12-25(13-28)14-29(21(31)9-16-5-6-16)20(11-30)23-22(25)18-8-7-17(33-4)10-19(18)27(23)3/h7-8,10,15-16,20,30H,5-6,9,11-14H2,1-4H3,(H,26,32)/t20-/m1/s1. The van der Waals surface area contributed by atoms with Crippen molar-refractivity contribution in [1.82, 2.24) is 19.7 Å². The maximum Gasteiger partial charge on any atom is 0.317 e. The van der Waals surface area contributed by atoms with Gasteiger partial charge in [-0.1, -0.05) is 0 Å². The molecular formula is C25H34N4O4. The molecule has 1 aromatic carbocycles. The Labute approximate surface area is 194 Å². The summed E-state index contributed by atoms with van der Waals surface area (Å²) in [4.78, 5) is 29.7. The van der Waals surface area contributed by atoms with Crippen LogP contribution in [0.5, 0.6) is 5.75 Å². The molecule has 2 aliphatic heterocycles. The van der Waals surface area contributed by atoms with E-state index in [-0.39, 0.29) is 36.0 Å². The van der Waals surface area contributed by atoms with Gasteiger partial charge in [0.05, 0.1) is 30.7 Å². The molecule has 1 aliphatic carbocycles. The molecule has 33 heavy (non-hydrogen) atoms. The Hall–Kier alpha value is -2.74. The molecule has 0 bridgehead atoms. The lowest BCUT2D eigenvalue weighted by atomic mass is 9.68. The number of nitrogens with one attached hydrogen (secondary N) is 1. The Bertz CT molecular complexity index is 1100. The molecule has 1 spiro atoms. The topological polar surface area (TPSA) is 87.0 Å². The fourth-order valence-corrected chi connectivity index (χ4v) is 5.73. The van der Waals surface area contributed by atoms with Crippen LogP contribution in [0.15, 0.2) is 18.2 Å². The van der Waals surface area contributed by atoms with E-state index in [1.165, 1.54) is 0 Å². The number of aryl methyl sites for hydroxylation is 1. The van der Waals surface area contributed by atoms with Gasteiger partial charge in [0.1, 0.15) is 5.75 Å². The summed E-state index contributed by atoms with van der Waals surface area (Å²) < 4.78 is 7.56. The fourth-order valence-electron chi connectivity index (χ4n) is 5.73. The quantitative estimate of drug-likeness (QED) is 0.727. The number of carbonyl (C=O) groups excluding carboxylic acids is 2. The van der Waals surface area contributed by atoms with Crippen molar-refractivity contribution in [2.45, 2.75) is 50.6 Å². The summed E-state index contributed by atoms with van der Waals surface area (Å²) in [6.45, 7) is 5.40. The highest BCUT2D eigenvalue weighted by Gasteiger charge is 2.55. The van der Waals surface area contributed by atoms with Crippen LogP contribution in [0.3, 0.4) is 0 Å². The average molecular weight is 455 g/mol. The second kappa shape index (κ2) is 7.94. The molecule has 3 aliphatic rings. The lowest BCUT2D eigenvalue weighted by molar-refractivity contribution is -0.138. The van der Waals surface area contributed by atoms with Crippen LogP contribution in [0.2, 0.25) is 0 Å². The first kappa shape index (κ1) is 22.1. The predicted molar refractivity (Wildman–Crippen MR) is 125 cm³/mol. The van der Waals surface area contributed by atoms with Gasteiger partial charge in [-0.3, -0.25) is 4.79 Å². The van der Waals surface area contributed by atoms with Gasteiger partial charge >= 0.3 is 6.03 Å². The van der Waals surface area contributed by atoms with E-state index in [9.17, 15) is 14.7 Å². The maximum absolute atomic E-state index is 13.3. The molecule has 8 nitrogen and oxygen atoms in total. The number of nitrogens with zero attached hydrogens (tertiary/aromatic N) is 3. The zero-order chi connectivity index (χ0) is 23.5. The molecule has 5 rings (SSSR count). The largest absolute Gasteiger partial charge is 0.497 e. The van der Waals surface area contributed by atoms with E-state index in [2.05, 4.69) is 16.0 Å². The van der Waals surface area contributed by atoms with Crippen LogP contribution in [-0.2, 0) is 17.3 Å². The van der Waals surface area contributed by atoms with Gasteiger partial charge in [0, 0.05) is 56.3 Å². The van der Waals surface area contributed by atoms with Gasteiger partial charge in [0.15, 0.2) is 0 Å². The SMILES string of the molecule is COc1ccc2c3c(n(C)c2c1)[C@@H](CO)N(C(=O)CC1CC1)CC31CN(C(=O)NC(C)C)C1. The van der Waals surface area contributed by atoms with E-state index in [4.69, 9.17) is 4.74 Å². The third-order valence-corrected chi connectivity index (χ3v) is 7.49. The molecule has 178 valence electrons. The first-order valence-corrected chi connectivity index (χ1v) is 11.9. The summed E-state index contributed by atoms with van der Waals surface area (Å²) in [6, 6.07) is 5.64. The van der Waals surface area contributed by atoms with Gasteiger partial charge in [0.25, 0.3) is 0 Å². The highest BCUT2D eigenvalue weighted by molar-refractivity contribution is 5.90. The van der Waals surface area contributed by atoms with Crippen molar-refractivity contribution < 1.29 is 19.4 Å². The van der Waals surface area contributed by atoms with Gasteiger partial charge in [-0.25, -0.2) is 4.79 Å². The Morgan fingerprint density at radius 2 is 1.97 bits per heavy atom. The van der Waals surface area contributed by atoms with Gasteiger partial charge in [0.2, 0.25) is 5.91 Å². The molecule has 1 atom stereocenters. The molecule has 2 N–H and O–H groups in total. The molecule has 2 aromatic rings. The zero-order valence-corrected chi connectivity index (χ0v) is 19.9. The smallest absolute Gasteiger partial charge is 0.317 e. The lowest BCUT2D eigenvalue weighted by Gasteiger charge is -2.56. The van der Waals surface area contributed by atoms with E-state index in [0.717, 1.165) is 40.8 Å². The van der Waals surface area contributed by atoms with Crippen molar-refractivity contribution in [2.75, 3.05) is 33.4 Å². The minimum Gasteiger partial charge on any atom is -0.497 e. The number of hydrogen-bond donors (Lipinski definition) is 2. The number of carbonyl (C=O) groups is 2. The van der Waals surface area contributed by atoms with Gasteiger partial charge in [-0.05, 0) is 50.3 Å². The van der Waals surface area contributed by atoms with Gasteiger partial charge in [-0.2, -0.15) is 0 Å². The van der Waals surface area contributed by atoms with E-state index in [1.807, 2.05) is 42.8 Å². The van der Waals surface area contributed by atoms with Crippen LogP contribution >= 0.6 is 0 Å². The minimum atomic E-state index is -0.390. The first-order chi connectivity index (χ1) is 15.8. The molecule has 3 heterocycles. The highest BCUT2D eigenvalue weighted by Crippen LogP contribution is 2.50. The molecular weight excluding hydrogens is 420 g/mol. The summed E-state index contributed by atoms with van der Waals surface area (Å²) in [5.74, 6) is 1.35. The summed E-state index contributed by atoms with van der Waals surface area (Å²) in [5.41, 5.74) is 2.80.